The molecule has 2 rings (SSSR count). The summed E-state index contributed by atoms with van der Waals surface area (Å²) in [5.74, 6) is -0.644. The van der Waals surface area contributed by atoms with Crippen LogP contribution in [0.25, 0.3) is 0 Å². The number of nitrogens with one attached hydrogen (secondary N) is 1. The van der Waals surface area contributed by atoms with Crippen molar-refractivity contribution in [1.29, 1.82) is 0 Å². The zero-order valence-corrected chi connectivity index (χ0v) is 12.4. The molecule has 18 heavy (non-hydrogen) atoms. The molecule has 0 heterocycles. The molecule has 0 spiro atoms. The van der Waals surface area contributed by atoms with E-state index in [1.54, 1.807) is 24.3 Å². The topological polar surface area (TPSA) is 12.0 Å². The van der Waals surface area contributed by atoms with Gasteiger partial charge in [0.1, 0.15) is 11.6 Å². The van der Waals surface area contributed by atoms with E-state index in [0.29, 0.717) is 21.2 Å². The fourth-order valence-corrected chi connectivity index (χ4v) is 2.14. The Labute approximate surface area is 120 Å². The number of benzene rings is 2. The van der Waals surface area contributed by atoms with Crippen LogP contribution >= 0.6 is 31.9 Å². The van der Waals surface area contributed by atoms with Crippen molar-refractivity contribution in [3.8, 4) is 0 Å². The van der Waals surface area contributed by atoms with Gasteiger partial charge in [-0.05, 0) is 61.7 Å². The first kappa shape index (κ1) is 13.5. The Morgan fingerprint density at radius 1 is 1.00 bits per heavy atom. The summed E-state index contributed by atoms with van der Waals surface area (Å²) in [6.07, 6.45) is 0. The molecule has 94 valence electrons. The van der Waals surface area contributed by atoms with Crippen molar-refractivity contribution >= 4 is 37.5 Å². The largest absolute Gasteiger partial charge is 0.381 e. The molecule has 0 aliphatic heterocycles. The molecular formula is C13H9Br2F2N. The highest BCUT2D eigenvalue weighted by molar-refractivity contribution is 9.10. The lowest BCUT2D eigenvalue weighted by Gasteiger charge is -2.09. The first-order chi connectivity index (χ1) is 8.58. The molecule has 2 aromatic carbocycles. The van der Waals surface area contributed by atoms with Gasteiger partial charge in [0, 0.05) is 12.2 Å². The molecule has 0 fully saturated rings. The first-order valence-electron chi connectivity index (χ1n) is 5.20. The Bertz CT molecular complexity index is 573. The van der Waals surface area contributed by atoms with Crippen LogP contribution in [-0.4, -0.2) is 0 Å². The SMILES string of the molecule is Fc1cc(NCc2cccc(F)c2Br)ccc1Br. The monoisotopic (exact) mass is 375 g/mol. The zero-order valence-electron chi connectivity index (χ0n) is 9.18. The molecule has 0 radical (unpaired) electrons. The molecule has 0 aromatic heterocycles. The molecule has 0 atom stereocenters. The average molecular weight is 377 g/mol. The first-order valence-corrected chi connectivity index (χ1v) is 6.78. The Morgan fingerprint density at radius 2 is 1.78 bits per heavy atom. The maximum Gasteiger partial charge on any atom is 0.139 e. The molecular weight excluding hydrogens is 368 g/mol. The van der Waals surface area contributed by atoms with Crippen LogP contribution in [0.2, 0.25) is 0 Å². The van der Waals surface area contributed by atoms with E-state index in [2.05, 4.69) is 37.2 Å². The number of anilines is 1. The van der Waals surface area contributed by atoms with Gasteiger partial charge >= 0.3 is 0 Å². The Morgan fingerprint density at radius 3 is 2.50 bits per heavy atom. The third kappa shape index (κ3) is 3.09. The van der Waals surface area contributed by atoms with Crippen molar-refractivity contribution in [3.05, 3.63) is 62.5 Å². The molecule has 1 nitrogen and oxygen atoms in total. The number of rotatable bonds is 3. The van der Waals surface area contributed by atoms with Gasteiger partial charge in [0.15, 0.2) is 0 Å². The van der Waals surface area contributed by atoms with Gasteiger partial charge in [0.2, 0.25) is 0 Å². The second kappa shape index (κ2) is 5.80. The van der Waals surface area contributed by atoms with Gasteiger partial charge in [-0.3, -0.25) is 0 Å². The minimum Gasteiger partial charge on any atom is -0.381 e. The summed E-state index contributed by atoms with van der Waals surface area (Å²) in [5, 5.41) is 3.04. The van der Waals surface area contributed by atoms with E-state index < -0.39 is 0 Å². The lowest BCUT2D eigenvalue weighted by molar-refractivity contribution is 0.618. The van der Waals surface area contributed by atoms with Gasteiger partial charge in [-0.2, -0.15) is 0 Å². The Hall–Kier alpha value is -0.940. The summed E-state index contributed by atoms with van der Waals surface area (Å²) in [5.41, 5.74) is 1.42. The standard InChI is InChI=1S/C13H9Br2F2N/c14-10-5-4-9(6-12(10)17)18-7-8-2-1-3-11(16)13(8)15/h1-6,18H,7H2. The highest BCUT2D eigenvalue weighted by Crippen LogP contribution is 2.23. The van der Waals surface area contributed by atoms with Gasteiger partial charge in [-0.15, -0.1) is 0 Å². The van der Waals surface area contributed by atoms with Crippen LogP contribution in [-0.2, 0) is 6.54 Å². The molecule has 5 heteroatoms. The third-order valence-electron chi connectivity index (χ3n) is 2.43. The molecule has 1 N–H and O–H groups in total. The van der Waals surface area contributed by atoms with Crippen LogP contribution in [0.3, 0.4) is 0 Å². The lowest BCUT2D eigenvalue weighted by Crippen LogP contribution is -2.01. The van der Waals surface area contributed by atoms with Crippen LogP contribution in [0.5, 0.6) is 0 Å². The summed E-state index contributed by atoms with van der Waals surface area (Å²) in [4.78, 5) is 0. The summed E-state index contributed by atoms with van der Waals surface area (Å²) in [6, 6.07) is 9.58. The van der Waals surface area contributed by atoms with Crippen LogP contribution in [0, 0.1) is 11.6 Å². The minimum atomic E-state index is -0.335. The van der Waals surface area contributed by atoms with Crippen molar-refractivity contribution < 1.29 is 8.78 Å². The number of hydrogen-bond donors (Lipinski definition) is 1. The second-order valence-corrected chi connectivity index (χ2v) is 5.34. The predicted octanol–water partition coefficient (Wildman–Crippen LogP) is 5.10. The zero-order chi connectivity index (χ0) is 13.1. The van der Waals surface area contributed by atoms with Crippen LogP contribution < -0.4 is 5.32 Å². The molecule has 0 bridgehead atoms. The fraction of sp³-hybridized carbons (Fsp3) is 0.0769. The maximum atomic E-state index is 13.3. The third-order valence-corrected chi connectivity index (χ3v) is 3.97. The molecule has 2 aromatic rings. The minimum absolute atomic E-state index is 0.309. The molecule has 0 aliphatic carbocycles. The van der Waals surface area contributed by atoms with Crippen LogP contribution in [0.1, 0.15) is 5.56 Å². The van der Waals surface area contributed by atoms with Crippen LogP contribution in [0.4, 0.5) is 14.5 Å². The van der Waals surface area contributed by atoms with Crippen molar-refractivity contribution in [2.24, 2.45) is 0 Å². The number of halogens is 4. The van der Waals surface area contributed by atoms with Crippen molar-refractivity contribution in [2.45, 2.75) is 6.54 Å². The summed E-state index contributed by atoms with van der Waals surface area (Å²) >= 11 is 6.27. The molecule has 0 amide bonds. The molecule has 0 saturated carbocycles. The normalized spacial score (nSPS) is 10.4. The highest BCUT2D eigenvalue weighted by Gasteiger charge is 2.05. The Balaban J connectivity index is 2.11. The van der Waals surface area contributed by atoms with E-state index in [1.165, 1.54) is 12.1 Å². The lowest BCUT2D eigenvalue weighted by atomic mass is 10.2. The summed E-state index contributed by atoms with van der Waals surface area (Å²) in [6.45, 7) is 0.416. The van der Waals surface area contributed by atoms with E-state index in [-0.39, 0.29) is 11.6 Å². The summed E-state index contributed by atoms with van der Waals surface area (Å²) in [7, 11) is 0. The van der Waals surface area contributed by atoms with Crippen molar-refractivity contribution in [1.82, 2.24) is 0 Å². The van der Waals surface area contributed by atoms with Gasteiger partial charge in [-0.1, -0.05) is 12.1 Å². The Kier molecular flexibility index (Phi) is 4.35. The average Bonchev–Trinajstić information content (AvgIpc) is 2.35. The van der Waals surface area contributed by atoms with Gasteiger partial charge in [-0.25, -0.2) is 8.78 Å². The predicted molar refractivity (Wildman–Crippen MR) is 75.5 cm³/mol. The fourth-order valence-electron chi connectivity index (χ4n) is 1.49. The molecule has 0 saturated heterocycles. The highest BCUT2D eigenvalue weighted by atomic mass is 79.9. The van der Waals surface area contributed by atoms with Gasteiger partial charge in [0.25, 0.3) is 0 Å². The van der Waals surface area contributed by atoms with E-state index >= 15 is 0 Å². The van der Waals surface area contributed by atoms with E-state index in [9.17, 15) is 8.78 Å². The van der Waals surface area contributed by atoms with Crippen LogP contribution in [0.15, 0.2) is 45.3 Å². The van der Waals surface area contributed by atoms with E-state index in [4.69, 9.17) is 0 Å². The quantitative estimate of drug-likeness (QED) is 0.785. The van der Waals surface area contributed by atoms with Crippen molar-refractivity contribution in [3.63, 3.8) is 0 Å². The number of hydrogen-bond acceptors (Lipinski definition) is 1. The smallest absolute Gasteiger partial charge is 0.139 e. The van der Waals surface area contributed by atoms with Gasteiger partial charge in [0.05, 0.1) is 8.95 Å². The van der Waals surface area contributed by atoms with Gasteiger partial charge < -0.3 is 5.32 Å². The maximum absolute atomic E-state index is 13.3. The van der Waals surface area contributed by atoms with Crippen molar-refractivity contribution in [2.75, 3.05) is 5.32 Å². The molecule has 0 aliphatic rings. The van der Waals surface area contributed by atoms with E-state index in [0.717, 1.165) is 5.56 Å². The second-order valence-electron chi connectivity index (χ2n) is 3.70. The summed E-state index contributed by atoms with van der Waals surface area (Å²) < 4.78 is 27.4. The van der Waals surface area contributed by atoms with E-state index in [1.807, 2.05) is 0 Å². The molecule has 0 unspecified atom stereocenters.